The third kappa shape index (κ3) is 5.09. The number of ether oxygens (including phenoxy) is 1. The van der Waals surface area contributed by atoms with Gasteiger partial charge in [0, 0.05) is 11.8 Å². The Morgan fingerprint density at radius 3 is 2.94 bits per heavy atom. The molecule has 1 rings (SSSR count). The van der Waals surface area contributed by atoms with Crippen LogP contribution in [0.3, 0.4) is 0 Å². The Morgan fingerprint density at radius 1 is 1.75 bits per heavy atom. The van der Waals surface area contributed by atoms with Gasteiger partial charge >= 0.3 is 0 Å². The standard InChI is InChI=1S/C8H10IN2O2P.BHO/c1-2-13-4-3-7-5-11(14-9)10-8(7)6-12;1-2/h3-6,14H,2H2,1H3;2H/b4-3+;. The monoisotopic (exact) mass is 352 g/mol. The molecule has 0 fully saturated rings. The van der Waals surface area contributed by atoms with Crippen molar-refractivity contribution in [2.24, 2.45) is 0 Å². The number of hydrogen-bond acceptors (Lipinski definition) is 4. The number of hydrogen-bond donors (Lipinski definition) is 1. The summed E-state index contributed by atoms with van der Waals surface area (Å²) < 4.78 is 6.78. The minimum absolute atomic E-state index is 0.449. The Bertz CT molecular complexity index is 346. The Hall–Kier alpha value is -0.395. The van der Waals surface area contributed by atoms with Gasteiger partial charge in [-0.2, -0.15) is 5.10 Å². The number of nitrogens with zero attached hydrogens (tertiary/aromatic N) is 2. The summed E-state index contributed by atoms with van der Waals surface area (Å²) in [5, 5.41) is 10.6. The first-order chi connectivity index (χ1) is 7.81. The molecule has 1 heterocycles. The maximum atomic E-state index is 10.6. The van der Waals surface area contributed by atoms with Crippen LogP contribution in [0.4, 0.5) is 0 Å². The second kappa shape index (κ2) is 9.80. The van der Waals surface area contributed by atoms with Crippen molar-refractivity contribution in [2.75, 3.05) is 6.61 Å². The summed E-state index contributed by atoms with van der Waals surface area (Å²) in [6.45, 7) is 2.52. The predicted octanol–water partition coefficient (Wildman–Crippen LogP) is 1.56. The minimum Gasteiger partial charge on any atom is -0.501 e. The summed E-state index contributed by atoms with van der Waals surface area (Å²) in [6.07, 6.45) is 6.39. The first-order valence-electron chi connectivity index (χ1n) is 4.27. The number of rotatable bonds is 5. The van der Waals surface area contributed by atoms with Gasteiger partial charge in [-0.05, 0) is 35.0 Å². The maximum absolute atomic E-state index is 10.6. The second-order valence-corrected chi connectivity index (χ2v) is 4.45. The Kier molecular flexibility index (Phi) is 9.56. The van der Waals surface area contributed by atoms with E-state index < -0.39 is 0 Å². The van der Waals surface area contributed by atoms with Crippen LogP contribution in [0.15, 0.2) is 12.5 Å². The minimum atomic E-state index is 0.449. The molecule has 8 heteroatoms. The van der Waals surface area contributed by atoms with Gasteiger partial charge in [-0.3, -0.25) is 4.79 Å². The van der Waals surface area contributed by atoms with Crippen LogP contribution >= 0.6 is 28.4 Å². The predicted molar refractivity (Wildman–Crippen MR) is 74.0 cm³/mol. The van der Waals surface area contributed by atoms with E-state index in [2.05, 4.69) is 35.2 Å². The van der Waals surface area contributed by atoms with E-state index in [-0.39, 0.29) is 0 Å². The zero-order chi connectivity index (χ0) is 12.4. The van der Waals surface area contributed by atoms with Gasteiger partial charge in [0.25, 0.3) is 8.05 Å². The van der Waals surface area contributed by atoms with E-state index in [1.54, 1.807) is 16.8 Å². The lowest BCUT2D eigenvalue weighted by atomic mass is 10.2. The highest BCUT2D eigenvalue weighted by Gasteiger charge is 2.04. The second-order valence-electron chi connectivity index (χ2n) is 2.37. The first-order valence-corrected chi connectivity index (χ1v) is 8.33. The third-order valence-corrected chi connectivity index (χ3v) is 3.37. The molecular formula is C8H11BIN2O3P. The summed E-state index contributed by atoms with van der Waals surface area (Å²) in [6, 6.07) is 0. The molecule has 86 valence electrons. The molecule has 0 amide bonds. The van der Waals surface area contributed by atoms with Gasteiger partial charge in [0.1, 0.15) is 5.69 Å². The zero-order valence-corrected chi connectivity index (χ0v) is 11.8. The van der Waals surface area contributed by atoms with Gasteiger partial charge in [-0.1, -0.05) is 0 Å². The highest BCUT2D eigenvalue weighted by molar-refractivity contribution is 14.2. The van der Waals surface area contributed by atoms with E-state index in [1.165, 1.54) is 0 Å². The average Bonchev–Trinajstić information content (AvgIpc) is 2.74. The van der Waals surface area contributed by atoms with Crippen LogP contribution in [0.1, 0.15) is 23.0 Å². The van der Waals surface area contributed by atoms with Crippen molar-refractivity contribution in [2.45, 2.75) is 6.92 Å². The Labute approximate surface area is 110 Å². The maximum Gasteiger partial charge on any atom is 0.277 e. The van der Waals surface area contributed by atoms with Crippen molar-refractivity contribution in [3.05, 3.63) is 23.7 Å². The smallest absolute Gasteiger partial charge is 0.277 e. The van der Waals surface area contributed by atoms with Crippen LogP contribution < -0.4 is 0 Å². The normalized spacial score (nSPS) is 10.4. The number of carbonyl (C=O) groups excluding carboxylic acids is 1. The van der Waals surface area contributed by atoms with Crippen molar-refractivity contribution in [1.82, 2.24) is 9.55 Å². The van der Waals surface area contributed by atoms with E-state index in [0.29, 0.717) is 18.7 Å². The molecule has 0 aromatic carbocycles. The van der Waals surface area contributed by atoms with Crippen LogP contribution in [0, 0.1) is 0 Å². The largest absolute Gasteiger partial charge is 0.501 e. The quantitative estimate of drug-likeness (QED) is 0.287. The molecule has 1 aromatic heterocycles. The molecule has 2 radical (unpaired) electrons. The van der Waals surface area contributed by atoms with E-state index in [1.807, 2.05) is 13.1 Å². The Balaban J connectivity index is 0.00000106. The first kappa shape index (κ1) is 15.6. The van der Waals surface area contributed by atoms with E-state index in [4.69, 9.17) is 9.76 Å². The van der Waals surface area contributed by atoms with Gasteiger partial charge in [0.2, 0.25) is 0 Å². The van der Waals surface area contributed by atoms with Crippen molar-refractivity contribution >= 4 is 48.8 Å². The molecule has 0 saturated heterocycles. The van der Waals surface area contributed by atoms with E-state index in [9.17, 15) is 4.79 Å². The molecule has 5 nitrogen and oxygen atoms in total. The molecule has 1 atom stereocenters. The topological polar surface area (TPSA) is 64.4 Å². The van der Waals surface area contributed by atoms with Gasteiger partial charge in [-0.25, -0.2) is 4.45 Å². The van der Waals surface area contributed by atoms with Crippen molar-refractivity contribution in [3.8, 4) is 0 Å². The van der Waals surface area contributed by atoms with Crippen LogP contribution in [0.25, 0.3) is 6.08 Å². The van der Waals surface area contributed by atoms with Crippen molar-refractivity contribution < 1.29 is 14.6 Å². The fourth-order valence-corrected chi connectivity index (χ4v) is 1.96. The highest BCUT2D eigenvalue weighted by Crippen LogP contribution is 2.24. The van der Waals surface area contributed by atoms with E-state index >= 15 is 0 Å². The summed E-state index contributed by atoms with van der Waals surface area (Å²) >= 11 is 2.20. The van der Waals surface area contributed by atoms with E-state index in [0.717, 1.165) is 11.8 Å². The average molecular weight is 352 g/mol. The van der Waals surface area contributed by atoms with Gasteiger partial charge in [0.05, 0.1) is 19.2 Å². The molecular weight excluding hydrogens is 341 g/mol. The fourth-order valence-electron chi connectivity index (χ4n) is 0.882. The summed E-state index contributed by atoms with van der Waals surface area (Å²) in [5.41, 5.74) is 1.24. The summed E-state index contributed by atoms with van der Waals surface area (Å²) in [4.78, 5) is 10.6. The number of halogens is 1. The van der Waals surface area contributed by atoms with Crippen LogP contribution in [0.5, 0.6) is 0 Å². The van der Waals surface area contributed by atoms with Crippen LogP contribution in [-0.4, -0.2) is 35.5 Å². The Morgan fingerprint density at radius 2 is 2.44 bits per heavy atom. The molecule has 0 aliphatic heterocycles. The van der Waals surface area contributed by atoms with Gasteiger partial charge < -0.3 is 9.76 Å². The number of aromatic nitrogens is 2. The lowest BCUT2D eigenvalue weighted by Gasteiger charge is -1.91. The molecule has 1 unspecified atom stereocenters. The molecule has 0 spiro atoms. The fraction of sp³-hybridized carbons (Fsp3) is 0.250. The lowest BCUT2D eigenvalue weighted by Crippen LogP contribution is -1.85. The summed E-state index contributed by atoms with van der Waals surface area (Å²) in [7, 11) is 3.50. The molecule has 1 N–H and O–H groups in total. The van der Waals surface area contributed by atoms with Crippen LogP contribution in [0.2, 0.25) is 0 Å². The lowest BCUT2D eigenvalue weighted by molar-refractivity contribution is 0.111. The third-order valence-electron chi connectivity index (χ3n) is 1.48. The summed E-state index contributed by atoms with van der Waals surface area (Å²) in [5.74, 6) is 0. The van der Waals surface area contributed by atoms with Crippen molar-refractivity contribution in [1.29, 1.82) is 0 Å². The molecule has 0 aliphatic carbocycles. The molecule has 1 aromatic rings. The number of carbonyl (C=O) groups is 1. The SMILES string of the molecule is CCO/C=C/c1cn(PI)nc1C=O.[B]O. The molecule has 16 heavy (non-hydrogen) atoms. The molecule has 0 aliphatic rings. The highest BCUT2D eigenvalue weighted by atomic mass is 127. The van der Waals surface area contributed by atoms with Crippen molar-refractivity contribution in [3.63, 3.8) is 0 Å². The molecule has 0 saturated carbocycles. The number of aldehydes is 1. The van der Waals surface area contributed by atoms with Gasteiger partial charge in [-0.15, -0.1) is 0 Å². The van der Waals surface area contributed by atoms with Gasteiger partial charge in [0.15, 0.2) is 6.29 Å². The molecule has 0 bridgehead atoms. The zero-order valence-electron chi connectivity index (χ0n) is 8.63. The van der Waals surface area contributed by atoms with Crippen LogP contribution in [-0.2, 0) is 4.74 Å².